The predicted octanol–water partition coefficient (Wildman–Crippen LogP) is 1.42. The first kappa shape index (κ1) is 11.8. The SMILES string of the molecule is CCC(N)C(=O)Cc1nn(C)c2ccccc12. The Balaban J connectivity index is 2.34. The first-order valence-electron chi connectivity index (χ1n) is 5.82. The van der Waals surface area contributed by atoms with Gasteiger partial charge in [-0.05, 0) is 12.5 Å². The summed E-state index contributed by atoms with van der Waals surface area (Å²) in [6.45, 7) is 1.92. The molecule has 0 saturated heterocycles. The van der Waals surface area contributed by atoms with Crippen molar-refractivity contribution in [3.05, 3.63) is 30.0 Å². The van der Waals surface area contributed by atoms with Crippen LogP contribution in [0.2, 0.25) is 0 Å². The van der Waals surface area contributed by atoms with Crippen molar-refractivity contribution in [2.45, 2.75) is 25.8 Å². The minimum atomic E-state index is -0.379. The maximum Gasteiger partial charge on any atom is 0.155 e. The molecular weight excluding hydrogens is 214 g/mol. The van der Waals surface area contributed by atoms with E-state index in [0.717, 1.165) is 16.6 Å². The first-order valence-corrected chi connectivity index (χ1v) is 5.82. The van der Waals surface area contributed by atoms with E-state index in [-0.39, 0.29) is 11.8 Å². The summed E-state index contributed by atoms with van der Waals surface area (Å²) in [5.74, 6) is 0.0522. The fourth-order valence-electron chi connectivity index (χ4n) is 1.94. The second-order valence-corrected chi connectivity index (χ2v) is 4.25. The molecule has 0 aliphatic rings. The first-order chi connectivity index (χ1) is 8.13. The van der Waals surface area contributed by atoms with Crippen molar-refractivity contribution < 1.29 is 4.79 Å². The minimum absolute atomic E-state index is 0.0522. The van der Waals surface area contributed by atoms with E-state index in [1.807, 2.05) is 38.2 Å². The van der Waals surface area contributed by atoms with Gasteiger partial charge in [0.1, 0.15) is 0 Å². The van der Waals surface area contributed by atoms with Crippen LogP contribution >= 0.6 is 0 Å². The highest BCUT2D eigenvalue weighted by Gasteiger charge is 2.16. The monoisotopic (exact) mass is 231 g/mol. The molecule has 0 aliphatic carbocycles. The molecule has 0 amide bonds. The average Bonchev–Trinajstić information content (AvgIpc) is 2.66. The molecule has 1 aromatic carbocycles. The molecule has 1 heterocycles. The Morgan fingerprint density at radius 1 is 1.47 bits per heavy atom. The van der Waals surface area contributed by atoms with Gasteiger partial charge in [0.25, 0.3) is 0 Å². The van der Waals surface area contributed by atoms with Crippen LogP contribution in [0, 0.1) is 0 Å². The lowest BCUT2D eigenvalue weighted by Crippen LogP contribution is -2.31. The van der Waals surface area contributed by atoms with Gasteiger partial charge in [-0.2, -0.15) is 5.10 Å². The maximum absolute atomic E-state index is 11.8. The van der Waals surface area contributed by atoms with Crippen LogP contribution in [0.25, 0.3) is 10.9 Å². The molecule has 2 N–H and O–H groups in total. The molecule has 2 rings (SSSR count). The lowest BCUT2D eigenvalue weighted by Gasteiger charge is -2.05. The smallest absolute Gasteiger partial charge is 0.155 e. The van der Waals surface area contributed by atoms with E-state index >= 15 is 0 Å². The van der Waals surface area contributed by atoms with Crippen LogP contribution in [0.4, 0.5) is 0 Å². The van der Waals surface area contributed by atoms with Gasteiger partial charge in [-0.15, -0.1) is 0 Å². The van der Waals surface area contributed by atoms with Crippen molar-refractivity contribution in [2.24, 2.45) is 12.8 Å². The van der Waals surface area contributed by atoms with Crippen LogP contribution in [0.3, 0.4) is 0 Å². The second kappa shape index (κ2) is 4.67. The van der Waals surface area contributed by atoms with Gasteiger partial charge < -0.3 is 5.73 Å². The lowest BCUT2D eigenvalue weighted by atomic mass is 10.0. The largest absolute Gasteiger partial charge is 0.322 e. The molecule has 1 atom stereocenters. The van der Waals surface area contributed by atoms with E-state index in [2.05, 4.69) is 5.10 Å². The van der Waals surface area contributed by atoms with E-state index in [1.54, 1.807) is 4.68 Å². The Bertz CT molecular complexity index is 545. The van der Waals surface area contributed by atoms with Gasteiger partial charge in [-0.1, -0.05) is 25.1 Å². The van der Waals surface area contributed by atoms with Gasteiger partial charge in [-0.3, -0.25) is 9.48 Å². The number of nitrogens with two attached hydrogens (primary N) is 1. The molecule has 0 aliphatic heterocycles. The predicted molar refractivity (Wildman–Crippen MR) is 67.7 cm³/mol. The highest BCUT2D eigenvalue weighted by atomic mass is 16.1. The van der Waals surface area contributed by atoms with Gasteiger partial charge in [0.05, 0.1) is 23.7 Å². The fourth-order valence-corrected chi connectivity index (χ4v) is 1.94. The Hall–Kier alpha value is -1.68. The third-order valence-corrected chi connectivity index (χ3v) is 3.03. The summed E-state index contributed by atoms with van der Waals surface area (Å²) < 4.78 is 1.80. The number of aromatic nitrogens is 2. The topological polar surface area (TPSA) is 60.9 Å². The molecule has 4 nitrogen and oxygen atoms in total. The average molecular weight is 231 g/mol. The Morgan fingerprint density at radius 2 is 2.18 bits per heavy atom. The number of benzene rings is 1. The number of Topliss-reactive ketones (excluding diaryl/α,β-unsaturated/α-hetero) is 1. The molecule has 0 bridgehead atoms. The standard InChI is InChI=1S/C13H17N3O/c1-3-10(14)13(17)8-11-9-6-4-5-7-12(9)16(2)15-11/h4-7,10H,3,8,14H2,1-2H3. The van der Waals surface area contributed by atoms with Crippen molar-refractivity contribution >= 4 is 16.7 Å². The normalized spacial score (nSPS) is 12.9. The molecule has 90 valence electrons. The number of para-hydroxylation sites is 1. The molecule has 1 unspecified atom stereocenters. The number of ketones is 1. The summed E-state index contributed by atoms with van der Waals surface area (Å²) in [6.07, 6.45) is 0.986. The van der Waals surface area contributed by atoms with Crippen molar-refractivity contribution in [2.75, 3.05) is 0 Å². The zero-order valence-corrected chi connectivity index (χ0v) is 10.2. The Labute approximate surface area is 100 Å². The van der Waals surface area contributed by atoms with Crippen LogP contribution in [-0.2, 0) is 18.3 Å². The number of nitrogens with zero attached hydrogens (tertiary/aromatic N) is 2. The van der Waals surface area contributed by atoms with E-state index in [4.69, 9.17) is 5.73 Å². The van der Waals surface area contributed by atoms with Crippen LogP contribution in [-0.4, -0.2) is 21.6 Å². The molecule has 2 aromatic rings. The summed E-state index contributed by atoms with van der Waals surface area (Å²) >= 11 is 0. The van der Waals surface area contributed by atoms with Crippen molar-refractivity contribution in [1.29, 1.82) is 0 Å². The van der Waals surface area contributed by atoms with E-state index in [1.165, 1.54) is 0 Å². The summed E-state index contributed by atoms with van der Waals surface area (Å²) in [4.78, 5) is 11.8. The quantitative estimate of drug-likeness (QED) is 0.865. The van der Waals surface area contributed by atoms with Gasteiger partial charge in [0, 0.05) is 12.4 Å². The molecule has 4 heteroatoms. The summed E-state index contributed by atoms with van der Waals surface area (Å²) in [7, 11) is 1.88. The molecule has 0 spiro atoms. The molecule has 1 aromatic heterocycles. The molecule has 0 saturated carbocycles. The fraction of sp³-hybridized carbons (Fsp3) is 0.385. The maximum atomic E-state index is 11.8. The summed E-state index contributed by atoms with van der Waals surface area (Å²) in [6, 6.07) is 7.53. The van der Waals surface area contributed by atoms with Gasteiger partial charge in [0.15, 0.2) is 5.78 Å². The van der Waals surface area contributed by atoms with Crippen LogP contribution < -0.4 is 5.73 Å². The van der Waals surface area contributed by atoms with Gasteiger partial charge >= 0.3 is 0 Å². The number of rotatable bonds is 4. The lowest BCUT2D eigenvalue weighted by molar-refractivity contribution is -0.119. The Kier molecular flexibility index (Phi) is 3.24. The number of hydrogen-bond acceptors (Lipinski definition) is 3. The second-order valence-electron chi connectivity index (χ2n) is 4.25. The van der Waals surface area contributed by atoms with Crippen molar-refractivity contribution in [3.8, 4) is 0 Å². The molecule has 0 fully saturated rings. The third kappa shape index (κ3) is 2.22. The third-order valence-electron chi connectivity index (χ3n) is 3.03. The number of fused-ring (bicyclic) bond motifs is 1. The molecule has 17 heavy (non-hydrogen) atoms. The van der Waals surface area contributed by atoms with Crippen LogP contribution in [0.15, 0.2) is 24.3 Å². The van der Waals surface area contributed by atoms with E-state index in [0.29, 0.717) is 12.8 Å². The minimum Gasteiger partial charge on any atom is -0.322 e. The molecule has 0 radical (unpaired) electrons. The van der Waals surface area contributed by atoms with Crippen LogP contribution in [0.1, 0.15) is 19.0 Å². The highest BCUT2D eigenvalue weighted by molar-refractivity contribution is 5.90. The van der Waals surface area contributed by atoms with Crippen molar-refractivity contribution in [1.82, 2.24) is 9.78 Å². The highest BCUT2D eigenvalue weighted by Crippen LogP contribution is 2.18. The molecular formula is C13H17N3O. The number of aryl methyl sites for hydroxylation is 1. The van der Waals surface area contributed by atoms with Gasteiger partial charge in [0.2, 0.25) is 0 Å². The van der Waals surface area contributed by atoms with Gasteiger partial charge in [-0.25, -0.2) is 0 Å². The van der Waals surface area contributed by atoms with Crippen LogP contribution in [0.5, 0.6) is 0 Å². The van der Waals surface area contributed by atoms with Crippen molar-refractivity contribution in [3.63, 3.8) is 0 Å². The zero-order chi connectivity index (χ0) is 12.4. The zero-order valence-electron chi connectivity index (χ0n) is 10.2. The summed E-state index contributed by atoms with van der Waals surface area (Å²) in [5, 5.41) is 5.42. The van der Waals surface area contributed by atoms with E-state index in [9.17, 15) is 4.79 Å². The number of carbonyl (C=O) groups is 1. The number of carbonyl (C=O) groups excluding carboxylic acids is 1. The number of hydrogen-bond donors (Lipinski definition) is 1. The van der Waals surface area contributed by atoms with E-state index < -0.39 is 0 Å². The Morgan fingerprint density at radius 3 is 2.88 bits per heavy atom. The summed E-state index contributed by atoms with van der Waals surface area (Å²) in [5.41, 5.74) is 7.59.